The van der Waals surface area contributed by atoms with Crippen LogP contribution < -0.4 is 4.72 Å². The third-order valence-electron chi connectivity index (χ3n) is 5.26. The molecule has 1 atom stereocenters. The Morgan fingerprint density at radius 2 is 1.70 bits per heavy atom. The quantitative estimate of drug-likeness (QED) is 0.833. The van der Waals surface area contributed by atoms with E-state index in [-0.39, 0.29) is 22.9 Å². The van der Waals surface area contributed by atoms with Gasteiger partial charge in [0.25, 0.3) is 5.91 Å². The summed E-state index contributed by atoms with van der Waals surface area (Å²) in [5.74, 6) is -0.0208. The molecule has 4 rings (SSSR count). The lowest BCUT2D eigenvalue weighted by molar-refractivity contribution is 0.0736. The second-order valence-corrected chi connectivity index (χ2v) is 9.12. The lowest BCUT2D eigenvalue weighted by atomic mass is 10.0. The van der Waals surface area contributed by atoms with Crippen LogP contribution in [0, 0.1) is 0 Å². The van der Waals surface area contributed by atoms with Crippen LogP contribution in [0.4, 0.5) is 0 Å². The van der Waals surface area contributed by atoms with Crippen molar-refractivity contribution in [3.63, 3.8) is 0 Å². The van der Waals surface area contributed by atoms with E-state index in [9.17, 15) is 13.2 Å². The van der Waals surface area contributed by atoms with Gasteiger partial charge >= 0.3 is 0 Å². The van der Waals surface area contributed by atoms with Gasteiger partial charge in [0.2, 0.25) is 10.0 Å². The molecule has 0 aromatic heterocycles. The van der Waals surface area contributed by atoms with E-state index in [0.29, 0.717) is 5.56 Å². The number of hydrogen-bond acceptors (Lipinski definition) is 3. The van der Waals surface area contributed by atoms with Gasteiger partial charge in [0.15, 0.2) is 0 Å². The monoisotopic (exact) mass is 384 g/mol. The number of benzene rings is 2. The molecular weight excluding hydrogens is 360 g/mol. The predicted octanol–water partition coefficient (Wildman–Crippen LogP) is 2.97. The molecule has 1 saturated heterocycles. The number of rotatable bonds is 6. The third kappa shape index (κ3) is 4.22. The highest BCUT2D eigenvalue weighted by atomic mass is 32.2. The van der Waals surface area contributed by atoms with Crippen LogP contribution in [0.1, 0.15) is 41.6 Å². The molecule has 2 aromatic rings. The van der Waals surface area contributed by atoms with E-state index in [1.165, 1.54) is 17.7 Å². The molecule has 6 heteroatoms. The van der Waals surface area contributed by atoms with Crippen molar-refractivity contribution in [3.05, 3.63) is 65.7 Å². The highest BCUT2D eigenvalue weighted by Crippen LogP contribution is 2.25. The van der Waals surface area contributed by atoms with E-state index in [2.05, 4.69) is 16.9 Å². The van der Waals surface area contributed by atoms with Gasteiger partial charge in [-0.05, 0) is 61.9 Å². The first-order chi connectivity index (χ1) is 13.0. The molecule has 0 radical (unpaired) electrons. The Morgan fingerprint density at radius 3 is 2.37 bits per heavy atom. The maximum atomic E-state index is 13.0. The molecule has 27 heavy (non-hydrogen) atoms. The number of hydrogen-bond donors (Lipinski definition) is 1. The molecule has 1 saturated carbocycles. The van der Waals surface area contributed by atoms with Crippen LogP contribution in [-0.2, 0) is 16.4 Å². The second kappa shape index (κ2) is 7.44. The Bertz CT molecular complexity index is 906. The Morgan fingerprint density at radius 1 is 1.00 bits per heavy atom. The standard InChI is InChI=1S/C21H24N2O3S/c24-21(23-14-4-7-19(23)15-16-5-2-1-3-6-16)17-8-12-20(13-9-17)27(25,26)22-18-10-11-18/h1-3,5-6,8-9,12-13,18-19,22H,4,7,10-11,14-15H2/t19-/m0/s1. The fraction of sp³-hybridized carbons (Fsp3) is 0.381. The van der Waals surface area contributed by atoms with E-state index < -0.39 is 10.0 Å². The molecule has 5 nitrogen and oxygen atoms in total. The summed E-state index contributed by atoms with van der Waals surface area (Å²) in [5.41, 5.74) is 1.77. The van der Waals surface area contributed by atoms with Gasteiger partial charge in [-0.2, -0.15) is 0 Å². The first-order valence-corrected chi connectivity index (χ1v) is 11.0. The maximum Gasteiger partial charge on any atom is 0.254 e. The highest BCUT2D eigenvalue weighted by Gasteiger charge is 2.30. The largest absolute Gasteiger partial charge is 0.335 e. The number of sulfonamides is 1. The third-order valence-corrected chi connectivity index (χ3v) is 6.80. The molecule has 0 bridgehead atoms. The van der Waals surface area contributed by atoms with Crippen molar-refractivity contribution in [2.24, 2.45) is 0 Å². The van der Waals surface area contributed by atoms with Crippen molar-refractivity contribution in [2.45, 2.75) is 49.1 Å². The van der Waals surface area contributed by atoms with Crippen molar-refractivity contribution in [2.75, 3.05) is 6.54 Å². The number of nitrogens with one attached hydrogen (secondary N) is 1. The molecule has 1 aliphatic carbocycles. The summed E-state index contributed by atoms with van der Waals surface area (Å²) in [6.45, 7) is 0.750. The van der Waals surface area contributed by atoms with E-state index >= 15 is 0 Å². The average Bonchev–Trinajstić information content (AvgIpc) is 3.36. The molecule has 2 fully saturated rings. The number of nitrogens with zero attached hydrogens (tertiary/aromatic N) is 1. The van der Waals surface area contributed by atoms with Gasteiger partial charge in [0, 0.05) is 24.2 Å². The Kier molecular flexibility index (Phi) is 5.02. The molecule has 2 aliphatic rings. The van der Waals surface area contributed by atoms with Crippen LogP contribution in [0.3, 0.4) is 0 Å². The summed E-state index contributed by atoms with van der Waals surface area (Å²) >= 11 is 0. The normalized spacial score (nSPS) is 20.0. The van der Waals surface area contributed by atoms with Crippen LogP contribution in [0.15, 0.2) is 59.5 Å². The van der Waals surface area contributed by atoms with Crippen molar-refractivity contribution in [3.8, 4) is 0 Å². The lowest BCUT2D eigenvalue weighted by Gasteiger charge is -2.25. The van der Waals surface area contributed by atoms with Crippen molar-refractivity contribution < 1.29 is 13.2 Å². The smallest absolute Gasteiger partial charge is 0.254 e. The SMILES string of the molecule is O=C(c1ccc(S(=O)(=O)NC2CC2)cc1)N1CCC[C@H]1Cc1ccccc1. The van der Waals surface area contributed by atoms with E-state index in [4.69, 9.17) is 0 Å². The molecule has 142 valence electrons. The zero-order chi connectivity index (χ0) is 18.9. The first kappa shape index (κ1) is 18.2. The molecule has 1 N–H and O–H groups in total. The lowest BCUT2D eigenvalue weighted by Crippen LogP contribution is -2.36. The molecule has 1 amide bonds. The zero-order valence-corrected chi connectivity index (χ0v) is 16.0. The summed E-state index contributed by atoms with van der Waals surface area (Å²) in [4.78, 5) is 15.1. The minimum Gasteiger partial charge on any atom is -0.335 e. The van der Waals surface area contributed by atoms with Crippen LogP contribution in [0.2, 0.25) is 0 Å². The van der Waals surface area contributed by atoms with Gasteiger partial charge in [-0.3, -0.25) is 4.79 Å². The fourth-order valence-corrected chi connectivity index (χ4v) is 4.94. The van der Waals surface area contributed by atoms with Gasteiger partial charge in [0.05, 0.1) is 4.90 Å². The summed E-state index contributed by atoms with van der Waals surface area (Å²) in [6.07, 6.45) is 4.64. The second-order valence-electron chi connectivity index (χ2n) is 7.40. The number of carbonyl (C=O) groups excluding carboxylic acids is 1. The fourth-order valence-electron chi connectivity index (χ4n) is 3.63. The molecule has 1 heterocycles. The predicted molar refractivity (Wildman–Crippen MR) is 104 cm³/mol. The average molecular weight is 385 g/mol. The van der Waals surface area contributed by atoms with Crippen LogP contribution in [0.25, 0.3) is 0 Å². The maximum absolute atomic E-state index is 13.0. The molecule has 1 aliphatic heterocycles. The summed E-state index contributed by atoms with van der Waals surface area (Å²) < 4.78 is 27.2. The van der Waals surface area contributed by atoms with Gasteiger partial charge in [-0.25, -0.2) is 13.1 Å². The Hall–Kier alpha value is -2.18. The molecule has 2 aromatic carbocycles. The Balaban J connectivity index is 1.46. The van der Waals surface area contributed by atoms with E-state index in [1.54, 1.807) is 12.1 Å². The van der Waals surface area contributed by atoms with Crippen molar-refractivity contribution in [1.82, 2.24) is 9.62 Å². The topological polar surface area (TPSA) is 66.5 Å². The van der Waals surface area contributed by atoms with Gasteiger partial charge in [-0.1, -0.05) is 30.3 Å². The van der Waals surface area contributed by atoms with Gasteiger partial charge < -0.3 is 4.90 Å². The Labute approximate surface area is 160 Å². The van der Waals surface area contributed by atoms with Crippen LogP contribution >= 0.6 is 0 Å². The number of carbonyl (C=O) groups is 1. The molecule has 0 spiro atoms. The van der Waals surface area contributed by atoms with Crippen LogP contribution in [-0.4, -0.2) is 37.9 Å². The zero-order valence-electron chi connectivity index (χ0n) is 15.2. The summed E-state index contributed by atoms with van der Waals surface area (Å²) in [5, 5.41) is 0. The first-order valence-electron chi connectivity index (χ1n) is 9.50. The van der Waals surface area contributed by atoms with E-state index in [1.807, 2.05) is 23.1 Å². The minimum absolute atomic E-state index is 0.0208. The van der Waals surface area contributed by atoms with Crippen molar-refractivity contribution >= 4 is 15.9 Å². The summed E-state index contributed by atoms with van der Waals surface area (Å²) in [7, 11) is -3.48. The number of likely N-dealkylation sites (tertiary alicyclic amines) is 1. The highest BCUT2D eigenvalue weighted by molar-refractivity contribution is 7.89. The molecular formula is C21H24N2O3S. The van der Waals surface area contributed by atoms with Gasteiger partial charge in [-0.15, -0.1) is 0 Å². The molecule has 0 unspecified atom stereocenters. The van der Waals surface area contributed by atoms with Gasteiger partial charge in [0.1, 0.15) is 0 Å². The summed E-state index contributed by atoms with van der Waals surface area (Å²) in [6, 6.07) is 16.8. The van der Waals surface area contributed by atoms with E-state index in [0.717, 1.165) is 38.6 Å². The van der Waals surface area contributed by atoms with Crippen molar-refractivity contribution in [1.29, 1.82) is 0 Å². The van der Waals surface area contributed by atoms with Crippen LogP contribution in [0.5, 0.6) is 0 Å². The number of amides is 1. The minimum atomic E-state index is -3.48.